The molecule has 0 aromatic carbocycles. The summed E-state index contributed by atoms with van der Waals surface area (Å²) >= 11 is 0. The number of aliphatic hydroxyl groups excluding tert-OH is 5. The van der Waals surface area contributed by atoms with E-state index in [1.165, 1.54) is 109 Å². The van der Waals surface area contributed by atoms with E-state index in [9.17, 15) is 35.1 Å². The van der Waals surface area contributed by atoms with Crippen LogP contribution in [0.4, 0.5) is 0 Å². The fraction of sp³-hybridized carbons (Fsp3) is 0.710. The summed E-state index contributed by atoms with van der Waals surface area (Å²) in [6.07, 6.45) is 65.6. The third kappa shape index (κ3) is 43.1. The number of ether oxygens (including phenoxy) is 3. The fourth-order valence-corrected chi connectivity index (χ4v) is 9.41. The quantitative estimate of drug-likeness (QED) is 0.0149. The van der Waals surface area contributed by atoms with Gasteiger partial charge in [0.2, 0.25) is 5.91 Å². The molecule has 11 nitrogen and oxygen atoms in total. The average Bonchev–Trinajstić information content (AvgIpc) is 3.45. The van der Waals surface area contributed by atoms with Gasteiger partial charge in [0.25, 0.3) is 0 Å². The molecule has 6 N–H and O–H groups in total. The van der Waals surface area contributed by atoms with E-state index in [0.717, 1.165) is 96.3 Å². The van der Waals surface area contributed by atoms with Gasteiger partial charge in [-0.15, -0.1) is 0 Å². The molecule has 1 saturated heterocycles. The first kappa shape index (κ1) is 74.3. The minimum atomic E-state index is -1.64. The van der Waals surface area contributed by atoms with Gasteiger partial charge < -0.3 is 45.1 Å². The van der Waals surface area contributed by atoms with Gasteiger partial charge in [-0.25, -0.2) is 0 Å². The molecule has 458 valence electrons. The van der Waals surface area contributed by atoms with E-state index in [4.69, 9.17) is 14.2 Å². The van der Waals surface area contributed by atoms with Crippen molar-refractivity contribution in [2.75, 3.05) is 13.2 Å². The Bertz CT molecular complexity index is 1710. The first-order valence-corrected chi connectivity index (χ1v) is 32.2. The van der Waals surface area contributed by atoms with Gasteiger partial charge >= 0.3 is 5.97 Å². The second-order valence-corrected chi connectivity index (χ2v) is 21.8. The summed E-state index contributed by atoms with van der Waals surface area (Å²) in [7, 11) is 0. The monoisotopic (exact) mass is 1120 g/mol. The average molecular weight is 1120 g/mol. The van der Waals surface area contributed by atoms with Crippen LogP contribution in [0.25, 0.3) is 0 Å². The largest absolute Gasteiger partial charge is 0.454 e. The van der Waals surface area contributed by atoms with Crippen molar-refractivity contribution in [3.8, 4) is 0 Å². The van der Waals surface area contributed by atoms with Crippen molar-refractivity contribution in [3.63, 3.8) is 0 Å². The number of unbranched alkanes of at least 4 members (excludes halogenated alkanes) is 26. The van der Waals surface area contributed by atoms with Gasteiger partial charge in [0, 0.05) is 6.42 Å². The van der Waals surface area contributed by atoms with E-state index in [0.29, 0.717) is 12.8 Å². The van der Waals surface area contributed by atoms with Crippen LogP contribution in [0.3, 0.4) is 0 Å². The number of aliphatic hydroxyl groups is 5. The number of carbonyl (C=O) groups is 2. The Morgan fingerprint density at radius 3 is 1.49 bits per heavy atom. The molecule has 8 atom stereocenters. The summed E-state index contributed by atoms with van der Waals surface area (Å²) in [6, 6.07) is -1.04. The Hall–Kier alpha value is -3.68. The Kier molecular flexibility index (Phi) is 51.9. The van der Waals surface area contributed by atoms with Crippen molar-refractivity contribution in [3.05, 3.63) is 109 Å². The van der Waals surface area contributed by atoms with Gasteiger partial charge in [-0.2, -0.15) is 0 Å². The van der Waals surface area contributed by atoms with Crippen LogP contribution < -0.4 is 5.32 Å². The van der Waals surface area contributed by atoms with E-state index in [1.54, 1.807) is 6.08 Å². The Labute approximate surface area is 488 Å². The highest BCUT2D eigenvalue weighted by Crippen LogP contribution is 2.26. The molecule has 80 heavy (non-hydrogen) atoms. The minimum absolute atomic E-state index is 0.0724. The zero-order chi connectivity index (χ0) is 58.2. The number of allylic oxidation sites excluding steroid dienone is 17. The third-order valence-corrected chi connectivity index (χ3v) is 14.5. The highest BCUT2D eigenvalue weighted by Gasteiger charge is 2.47. The van der Waals surface area contributed by atoms with Gasteiger partial charge in [0.15, 0.2) is 12.4 Å². The molecule has 0 bridgehead atoms. The lowest BCUT2D eigenvalue weighted by atomic mass is 9.99. The van der Waals surface area contributed by atoms with Crippen molar-refractivity contribution in [2.24, 2.45) is 0 Å². The van der Waals surface area contributed by atoms with E-state index in [2.05, 4.69) is 86.8 Å². The number of nitrogens with one attached hydrogen (secondary N) is 1. The summed E-state index contributed by atoms with van der Waals surface area (Å²) in [5, 5.41) is 57.0. The summed E-state index contributed by atoms with van der Waals surface area (Å²) in [5.74, 6) is -1.24. The first-order valence-electron chi connectivity index (χ1n) is 32.2. The molecule has 8 unspecified atom stereocenters. The molecule has 1 rings (SSSR count). The SMILES string of the molecule is CC/C=C/C=C/C=C\C=C/CCCCCC(=O)OC1C(OCC(NC(=O)C(O)CCCCCCCCCCCC/C=C\C/C=C\C/C=C\C/C=C\CCCCC)C(O)/C=C/CCCCCCCCCCCC)OC(CO)C(O)C1O. The summed E-state index contributed by atoms with van der Waals surface area (Å²) in [5.41, 5.74) is 0. The van der Waals surface area contributed by atoms with Gasteiger partial charge in [-0.3, -0.25) is 9.59 Å². The lowest BCUT2D eigenvalue weighted by Gasteiger charge is -2.41. The van der Waals surface area contributed by atoms with Gasteiger partial charge in [0.05, 0.1) is 25.4 Å². The van der Waals surface area contributed by atoms with Crippen LogP contribution in [-0.2, 0) is 23.8 Å². The van der Waals surface area contributed by atoms with Gasteiger partial charge in [-0.05, 0) is 89.9 Å². The molecule has 1 amide bonds. The summed E-state index contributed by atoms with van der Waals surface area (Å²) in [6.45, 7) is 5.58. The lowest BCUT2D eigenvalue weighted by molar-refractivity contribution is -0.305. The van der Waals surface area contributed by atoms with E-state index < -0.39 is 67.4 Å². The molecule has 0 radical (unpaired) electrons. The normalized spacial score (nSPS) is 19.5. The lowest BCUT2D eigenvalue weighted by Crippen LogP contribution is -2.61. The second-order valence-electron chi connectivity index (χ2n) is 21.8. The molecule has 1 fully saturated rings. The molecule has 0 saturated carbocycles. The summed E-state index contributed by atoms with van der Waals surface area (Å²) < 4.78 is 17.6. The van der Waals surface area contributed by atoms with Gasteiger partial charge in [-0.1, -0.05) is 265 Å². The van der Waals surface area contributed by atoms with E-state index in [-0.39, 0.29) is 19.4 Å². The maximum absolute atomic E-state index is 13.4. The smallest absolute Gasteiger partial charge is 0.306 e. The Morgan fingerprint density at radius 1 is 0.512 bits per heavy atom. The zero-order valence-electron chi connectivity index (χ0n) is 50.7. The zero-order valence-corrected chi connectivity index (χ0v) is 50.7. The molecule has 0 aromatic rings. The van der Waals surface area contributed by atoms with Crippen LogP contribution in [0.5, 0.6) is 0 Å². The molecule has 1 aliphatic rings. The summed E-state index contributed by atoms with van der Waals surface area (Å²) in [4.78, 5) is 26.5. The molecule has 1 heterocycles. The number of carbonyl (C=O) groups excluding carboxylic acids is 2. The predicted octanol–water partition coefficient (Wildman–Crippen LogP) is 15.7. The highest BCUT2D eigenvalue weighted by atomic mass is 16.7. The van der Waals surface area contributed by atoms with Gasteiger partial charge in [0.1, 0.15) is 24.4 Å². The molecule has 11 heteroatoms. The van der Waals surface area contributed by atoms with Crippen LogP contribution in [0.15, 0.2) is 109 Å². The van der Waals surface area contributed by atoms with Crippen molar-refractivity contribution in [1.29, 1.82) is 0 Å². The number of hydrogen-bond donors (Lipinski definition) is 6. The topological polar surface area (TPSA) is 175 Å². The molecule has 0 aromatic heterocycles. The van der Waals surface area contributed by atoms with Crippen molar-refractivity contribution in [2.45, 2.75) is 301 Å². The molecule has 0 spiro atoms. The predicted molar refractivity (Wildman–Crippen MR) is 333 cm³/mol. The number of amides is 1. The van der Waals surface area contributed by atoms with E-state index >= 15 is 0 Å². The molecule has 1 aliphatic heterocycles. The number of hydrogen-bond acceptors (Lipinski definition) is 10. The maximum Gasteiger partial charge on any atom is 0.306 e. The minimum Gasteiger partial charge on any atom is -0.454 e. The molecular weight excluding hydrogens is 1000 g/mol. The maximum atomic E-state index is 13.4. The molecular formula is C69H117NO10. The van der Waals surface area contributed by atoms with Crippen molar-refractivity contribution in [1.82, 2.24) is 5.32 Å². The first-order chi connectivity index (χ1) is 39.2. The van der Waals surface area contributed by atoms with Crippen molar-refractivity contribution >= 4 is 11.9 Å². The highest BCUT2D eigenvalue weighted by molar-refractivity contribution is 5.80. The number of rotatable bonds is 53. The van der Waals surface area contributed by atoms with Crippen LogP contribution in [0, 0.1) is 0 Å². The Morgan fingerprint density at radius 2 is 0.950 bits per heavy atom. The number of esters is 1. The van der Waals surface area contributed by atoms with E-state index in [1.807, 2.05) is 42.5 Å². The second kappa shape index (κ2) is 55.8. The standard InChI is InChI=1S/C69H117NO10/c1-4-7-10-13-16-19-22-25-26-27-28-29-30-31-32-33-34-35-36-37-39-41-44-47-50-53-56-62(73)68(77)70-60(61(72)55-52-49-46-43-40-24-21-18-15-12-9-6-3)59-78-69-67(66(76)65(75)63(58-71)79-69)80-64(74)57-54-51-48-45-42-38-23-20-17-14-11-8-5-2/h8,11,14,16-17,19-20,23,25-26,28-29,31-32,38,42,52,55,60-63,65-67,69,71-73,75-76H,4-7,9-10,12-13,15,18,21-22,24,27,30,33-37,39-41,43-51,53-54,56-59H2,1-3H3,(H,70,77)/b11-8+,17-14+,19-16-,23-20-,26-25-,29-28-,32-31-,42-38-,55-52+. The third-order valence-electron chi connectivity index (χ3n) is 14.5. The molecule has 0 aliphatic carbocycles. The van der Waals surface area contributed by atoms with Crippen LogP contribution in [0.1, 0.15) is 252 Å². The van der Waals surface area contributed by atoms with Crippen LogP contribution in [-0.4, -0.2) is 99.6 Å². The van der Waals surface area contributed by atoms with Crippen molar-refractivity contribution < 1.29 is 49.3 Å². The van der Waals surface area contributed by atoms with Crippen LogP contribution >= 0.6 is 0 Å². The Balaban J connectivity index is 2.62. The van der Waals surface area contributed by atoms with Crippen LogP contribution in [0.2, 0.25) is 0 Å². The fourth-order valence-electron chi connectivity index (χ4n) is 9.41.